The summed E-state index contributed by atoms with van der Waals surface area (Å²) in [6.07, 6.45) is 2.09. The number of benzene rings is 4. The van der Waals surface area contributed by atoms with Gasteiger partial charge in [0.2, 0.25) is 0 Å². The number of ether oxygens (including phenoxy) is 1. The number of aromatic nitrogens is 3. The van der Waals surface area contributed by atoms with Gasteiger partial charge in [0.15, 0.2) is 0 Å². The summed E-state index contributed by atoms with van der Waals surface area (Å²) < 4.78 is 8.32. The van der Waals surface area contributed by atoms with E-state index in [-0.39, 0.29) is 0 Å². The van der Waals surface area contributed by atoms with Crippen LogP contribution in [0.5, 0.6) is 5.75 Å². The number of carboxylic acid groups (broad SMARTS) is 1. The molecule has 10 heteroatoms. The van der Waals surface area contributed by atoms with Crippen LogP contribution in [0.2, 0.25) is 0 Å². The lowest BCUT2D eigenvalue weighted by Crippen LogP contribution is -2.43. The first-order chi connectivity index (χ1) is 25.5. The Morgan fingerprint density at radius 2 is 1.58 bits per heavy atom. The van der Waals surface area contributed by atoms with Gasteiger partial charge in [-0.3, -0.25) is 5.10 Å². The second-order valence-corrected chi connectivity index (χ2v) is 14.1. The van der Waals surface area contributed by atoms with Crippen molar-refractivity contribution in [3.63, 3.8) is 0 Å². The number of carbonyl (C=O) groups is 1. The van der Waals surface area contributed by atoms with Gasteiger partial charge in [-0.05, 0) is 73.2 Å². The first kappa shape index (κ1) is 35.5. The van der Waals surface area contributed by atoms with E-state index in [9.17, 15) is 9.90 Å². The second-order valence-electron chi connectivity index (χ2n) is 13.4. The lowest BCUT2D eigenvalue weighted by Gasteiger charge is -2.30. The molecule has 8 rings (SSSR count). The fourth-order valence-electron chi connectivity index (χ4n) is 7.80. The number of H-pyrrole nitrogens is 1. The molecule has 3 N–H and O–H groups in total. The van der Waals surface area contributed by atoms with Gasteiger partial charge in [-0.2, -0.15) is 17.7 Å². The zero-order chi connectivity index (χ0) is 36.0. The van der Waals surface area contributed by atoms with E-state index in [2.05, 4.69) is 105 Å². The molecule has 0 aliphatic carbocycles. The van der Waals surface area contributed by atoms with Crippen LogP contribution in [-0.2, 0) is 19.5 Å². The number of anilines is 2. The summed E-state index contributed by atoms with van der Waals surface area (Å²) in [4.78, 5) is 17.9. The standard InChI is InChI=1S/C40H42N6O3.C2H6S/c1-27-37-34-12-5-11-32-33(13-6-25-49-36-14-4-9-28-8-2-3-10-31(28)36)39(40(47)48)46(38(32)34)22-7-21-45(26-35(37)43-42-27)30-17-15-29(16-18-30)44-23-19-41-20-24-44;1-2-3/h2-5,8-12,14-18,41H,6-7,13,19-26H2,1H3,(H,42,43)(H,47,48);3H,2H2,1H3. The molecule has 0 saturated carbocycles. The Hall–Kier alpha value is -4.93. The summed E-state index contributed by atoms with van der Waals surface area (Å²) in [5.41, 5.74) is 8.63. The smallest absolute Gasteiger partial charge is 0.352 e. The third kappa shape index (κ3) is 7.22. The van der Waals surface area contributed by atoms with Gasteiger partial charge in [-0.25, -0.2) is 4.79 Å². The predicted octanol–water partition coefficient (Wildman–Crippen LogP) is 7.96. The molecular formula is C42H48N6O3S. The van der Waals surface area contributed by atoms with Gasteiger partial charge in [0, 0.05) is 78.2 Å². The van der Waals surface area contributed by atoms with E-state index >= 15 is 0 Å². The Bertz CT molecular complexity index is 2150. The van der Waals surface area contributed by atoms with E-state index in [4.69, 9.17) is 9.84 Å². The summed E-state index contributed by atoms with van der Waals surface area (Å²) in [6, 6.07) is 29.4. The van der Waals surface area contributed by atoms with Crippen molar-refractivity contribution in [3.8, 4) is 16.9 Å². The predicted molar refractivity (Wildman–Crippen MR) is 216 cm³/mol. The topological polar surface area (TPSA) is 98.6 Å². The van der Waals surface area contributed by atoms with Crippen molar-refractivity contribution in [1.82, 2.24) is 20.1 Å². The number of rotatable bonds is 8. The molecular weight excluding hydrogens is 669 g/mol. The monoisotopic (exact) mass is 716 g/mol. The van der Waals surface area contributed by atoms with Crippen LogP contribution < -0.4 is 19.9 Å². The molecule has 2 aliphatic rings. The number of para-hydroxylation sites is 1. The summed E-state index contributed by atoms with van der Waals surface area (Å²) in [5, 5.41) is 25.4. The Balaban J connectivity index is 0.00000136. The third-order valence-electron chi connectivity index (χ3n) is 10.1. The van der Waals surface area contributed by atoms with Crippen LogP contribution in [0.25, 0.3) is 32.8 Å². The van der Waals surface area contributed by atoms with Crippen LogP contribution in [0.1, 0.15) is 47.2 Å². The fraction of sp³-hybridized carbons (Fsp3) is 0.333. The van der Waals surface area contributed by atoms with E-state index < -0.39 is 5.97 Å². The van der Waals surface area contributed by atoms with Gasteiger partial charge in [0.25, 0.3) is 0 Å². The van der Waals surface area contributed by atoms with Gasteiger partial charge < -0.3 is 29.5 Å². The van der Waals surface area contributed by atoms with Crippen LogP contribution in [0.15, 0.2) is 84.9 Å². The molecule has 0 amide bonds. The highest BCUT2D eigenvalue weighted by molar-refractivity contribution is 7.80. The molecule has 52 heavy (non-hydrogen) atoms. The van der Waals surface area contributed by atoms with Crippen molar-refractivity contribution in [3.05, 3.63) is 108 Å². The van der Waals surface area contributed by atoms with Crippen LogP contribution in [0, 0.1) is 6.92 Å². The van der Waals surface area contributed by atoms with E-state index in [0.29, 0.717) is 38.2 Å². The average molecular weight is 717 g/mol. The highest BCUT2D eigenvalue weighted by atomic mass is 32.1. The zero-order valence-corrected chi connectivity index (χ0v) is 31.0. The number of nitrogens with one attached hydrogen (secondary N) is 2. The van der Waals surface area contributed by atoms with E-state index in [1.165, 1.54) is 5.69 Å². The van der Waals surface area contributed by atoms with Crippen molar-refractivity contribution in [2.75, 3.05) is 54.9 Å². The van der Waals surface area contributed by atoms with Crippen molar-refractivity contribution in [2.24, 2.45) is 0 Å². The highest BCUT2D eigenvalue weighted by Crippen LogP contribution is 2.39. The van der Waals surface area contributed by atoms with Crippen LogP contribution in [-0.4, -0.2) is 70.9 Å². The molecule has 9 nitrogen and oxygen atoms in total. The molecule has 270 valence electrons. The molecule has 2 aliphatic heterocycles. The number of aromatic amines is 1. The largest absolute Gasteiger partial charge is 0.493 e. The Labute approximate surface area is 311 Å². The van der Waals surface area contributed by atoms with E-state index in [0.717, 1.165) is 106 Å². The number of hydrogen-bond acceptors (Lipinski definition) is 7. The molecule has 0 spiro atoms. The Morgan fingerprint density at radius 1 is 0.885 bits per heavy atom. The molecule has 0 atom stereocenters. The van der Waals surface area contributed by atoms with Gasteiger partial charge in [-0.15, -0.1) is 0 Å². The zero-order valence-electron chi connectivity index (χ0n) is 30.1. The van der Waals surface area contributed by atoms with Crippen molar-refractivity contribution >= 4 is 51.6 Å². The minimum absolute atomic E-state index is 0.378. The van der Waals surface area contributed by atoms with E-state index in [1.54, 1.807) is 0 Å². The molecule has 4 heterocycles. The fourth-order valence-corrected chi connectivity index (χ4v) is 7.80. The third-order valence-corrected chi connectivity index (χ3v) is 10.1. The highest BCUT2D eigenvalue weighted by Gasteiger charge is 2.28. The van der Waals surface area contributed by atoms with Gasteiger partial charge in [-0.1, -0.05) is 61.5 Å². The summed E-state index contributed by atoms with van der Waals surface area (Å²) in [6.45, 7) is 10.6. The minimum atomic E-state index is -0.895. The normalized spacial score (nSPS) is 14.5. The van der Waals surface area contributed by atoms with Crippen molar-refractivity contribution < 1.29 is 14.6 Å². The molecule has 0 radical (unpaired) electrons. The van der Waals surface area contributed by atoms with Crippen LogP contribution in [0.4, 0.5) is 11.4 Å². The quantitative estimate of drug-likeness (QED) is 0.0938. The minimum Gasteiger partial charge on any atom is -0.493 e. The molecule has 4 aromatic carbocycles. The maximum absolute atomic E-state index is 13.1. The van der Waals surface area contributed by atoms with Crippen molar-refractivity contribution in [1.29, 1.82) is 0 Å². The van der Waals surface area contributed by atoms with Crippen LogP contribution in [0.3, 0.4) is 0 Å². The van der Waals surface area contributed by atoms with Crippen LogP contribution >= 0.6 is 12.6 Å². The second kappa shape index (κ2) is 16.2. The summed E-state index contributed by atoms with van der Waals surface area (Å²) in [5.74, 6) is 0.902. The number of aromatic carboxylic acids is 1. The van der Waals surface area contributed by atoms with Gasteiger partial charge in [0.05, 0.1) is 24.4 Å². The summed E-state index contributed by atoms with van der Waals surface area (Å²) in [7, 11) is 0. The number of piperazine rings is 1. The number of carboxylic acids is 1. The molecule has 1 saturated heterocycles. The van der Waals surface area contributed by atoms with E-state index in [1.807, 2.05) is 31.2 Å². The summed E-state index contributed by atoms with van der Waals surface area (Å²) >= 11 is 3.79. The SMILES string of the molecule is CCS.Cc1[nH]nc2c1-c1cccc3c(CCCOc4cccc5ccccc45)c(C(=O)O)n(c13)CCCN(c1ccc(N3CCNCC3)cc1)C2. The average Bonchev–Trinajstić information content (AvgIpc) is 3.70. The number of fused-ring (bicyclic) bond motifs is 3. The lowest BCUT2D eigenvalue weighted by atomic mass is 9.98. The lowest BCUT2D eigenvalue weighted by molar-refractivity contribution is 0.0684. The molecule has 6 aromatic rings. The maximum atomic E-state index is 13.1. The molecule has 0 bridgehead atoms. The van der Waals surface area contributed by atoms with Gasteiger partial charge >= 0.3 is 5.97 Å². The molecule has 1 fully saturated rings. The molecule has 0 unspecified atom stereocenters. The number of thiol groups is 1. The first-order valence-corrected chi connectivity index (χ1v) is 19.1. The Kier molecular flexibility index (Phi) is 11.0. The van der Waals surface area contributed by atoms with Gasteiger partial charge in [0.1, 0.15) is 11.4 Å². The first-order valence-electron chi connectivity index (χ1n) is 18.4. The number of nitrogens with zero attached hydrogens (tertiary/aromatic N) is 4. The Morgan fingerprint density at radius 3 is 2.35 bits per heavy atom. The maximum Gasteiger partial charge on any atom is 0.352 e. The number of hydrogen-bond donors (Lipinski definition) is 4. The number of aryl methyl sites for hydroxylation is 3. The van der Waals surface area contributed by atoms with Crippen molar-refractivity contribution in [2.45, 2.75) is 46.2 Å². The molecule has 2 aromatic heterocycles.